The summed E-state index contributed by atoms with van der Waals surface area (Å²) in [6.07, 6.45) is 4.64. The number of carbonyl (C=O) groups excluding carboxylic acids is 3. The van der Waals surface area contributed by atoms with Crippen LogP contribution in [0.1, 0.15) is 45.1 Å². The molecule has 2 aliphatic rings. The number of anilines is 4. The van der Waals surface area contributed by atoms with Gasteiger partial charge in [0.1, 0.15) is 21.3 Å². The maximum atomic E-state index is 13.6. The van der Waals surface area contributed by atoms with Crippen LogP contribution in [0.3, 0.4) is 0 Å². The predicted octanol–water partition coefficient (Wildman–Crippen LogP) is 7.69. The molecule has 10 heteroatoms. The van der Waals surface area contributed by atoms with Gasteiger partial charge in [0.15, 0.2) is 0 Å². The molecule has 0 aliphatic carbocycles. The van der Waals surface area contributed by atoms with Crippen molar-refractivity contribution in [1.29, 1.82) is 0 Å². The number of urea groups is 1. The highest BCUT2D eigenvalue weighted by molar-refractivity contribution is 7.23. The third-order valence-electron chi connectivity index (χ3n) is 8.24. The Bertz CT molecular complexity index is 1690. The van der Waals surface area contributed by atoms with Gasteiger partial charge in [0, 0.05) is 25.7 Å². The summed E-state index contributed by atoms with van der Waals surface area (Å²) in [6.45, 7) is 7.20. The Labute approximate surface area is 254 Å². The van der Waals surface area contributed by atoms with Crippen LogP contribution in [0.25, 0.3) is 10.2 Å². The number of likely N-dealkylation sites (tertiary alicyclic amines) is 1. The SMILES string of the molecule is CCC(C)CC(=O)N1CCCC(C(=O)Nc2sc3nccc4c3c2NC(=O)N4c2ccc(Oc3ccccc3)cc2C)C1. The molecule has 0 spiro atoms. The van der Waals surface area contributed by atoms with E-state index in [9.17, 15) is 14.4 Å². The van der Waals surface area contributed by atoms with Crippen LogP contribution in [0.4, 0.5) is 26.9 Å². The maximum Gasteiger partial charge on any atom is 0.331 e. The fourth-order valence-corrected chi connectivity index (χ4v) is 6.70. The van der Waals surface area contributed by atoms with Crippen molar-refractivity contribution in [3.05, 3.63) is 66.4 Å². The minimum absolute atomic E-state index is 0.111. The zero-order valence-corrected chi connectivity index (χ0v) is 25.4. The molecule has 4 heterocycles. The number of piperidine rings is 1. The lowest BCUT2D eigenvalue weighted by Crippen LogP contribution is -2.44. The number of carbonyl (C=O) groups is 3. The first-order chi connectivity index (χ1) is 20.8. The second kappa shape index (κ2) is 12.0. The van der Waals surface area contributed by atoms with Crippen LogP contribution < -0.4 is 20.3 Å². The number of aromatic nitrogens is 1. The second-order valence-electron chi connectivity index (χ2n) is 11.3. The number of nitrogens with zero attached hydrogens (tertiary/aromatic N) is 3. The van der Waals surface area contributed by atoms with Crippen LogP contribution in [0.15, 0.2) is 60.8 Å². The molecule has 0 saturated carbocycles. The van der Waals surface area contributed by atoms with Crippen molar-refractivity contribution in [2.45, 2.75) is 46.5 Å². The third kappa shape index (κ3) is 5.79. The Balaban J connectivity index is 1.24. The van der Waals surface area contributed by atoms with Gasteiger partial charge in [0.25, 0.3) is 0 Å². The molecule has 4 amide bonds. The highest BCUT2D eigenvalue weighted by atomic mass is 32.1. The normalized spacial score (nSPS) is 17.0. The lowest BCUT2D eigenvalue weighted by Gasteiger charge is -2.33. The summed E-state index contributed by atoms with van der Waals surface area (Å²) in [4.78, 5) is 48.6. The van der Waals surface area contributed by atoms with Gasteiger partial charge in [-0.3, -0.25) is 14.5 Å². The number of aryl methyl sites for hydroxylation is 1. The van der Waals surface area contributed by atoms with Crippen LogP contribution in [0.5, 0.6) is 11.5 Å². The van der Waals surface area contributed by atoms with Gasteiger partial charge in [0.05, 0.1) is 28.4 Å². The maximum absolute atomic E-state index is 13.6. The number of thiophene rings is 1. The summed E-state index contributed by atoms with van der Waals surface area (Å²) in [5, 5.41) is 7.41. The molecule has 2 N–H and O–H groups in total. The minimum Gasteiger partial charge on any atom is -0.457 e. The van der Waals surface area contributed by atoms with Crippen molar-refractivity contribution in [3.63, 3.8) is 0 Å². The number of hydrogen-bond acceptors (Lipinski definition) is 6. The molecule has 2 atom stereocenters. The number of pyridine rings is 1. The van der Waals surface area contributed by atoms with E-state index < -0.39 is 0 Å². The topological polar surface area (TPSA) is 104 Å². The zero-order chi connectivity index (χ0) is 30.1. The fourth-order valence-electron chi connectivity index (χ4n) is 5.68. The summed E-state index contributed by atoms with van der Waals surface area (Å²) >= 11 is 1.34. The largest absolute Gasteiger partial charge is 0.457 e. The number of hydrogen-bond donors (Lipinski definition) is 2. The van der Waals surface area contributed by atoms with Gasteiger partial charge in [-0.15, -0.1) is 0 Å². The fraction of sp³-hybridized carbons (Fsp3) is 0.333. The zero-order valence-electron chi connectivity index (χ0n) is 24.6. The number of para-hydroxylation sites is 1. The Kier molecular flexibility index (Phi) is 8.03. The molecule has 2 aromatic carbocycles. The second-order valence-corrected chi connectivity index (χ2v) is 12.3. The number of benzene rings is 2. The molecule has 1 fully saturated rings. The summed E-state index contributed by atoms with van der Waals surface area (Å²) < 4.78 is 5.98. The predicted molar refractivity (Wildman–Crippen MR) is 170 cm³/mol. The van der Waals surface area contributed by atoms with E-state index in [0.717, 1.165) is 35.2 Å². The van der Waals surface area contributed by atoms with Gasteiger partial charge < -0.3 is 20.3 Å². The molecule has 9 nitrogen and oxygen atoms in total. The van der Waals surface area contributed by atoms with E-state index in [1.54, 1.807) is 11.1 Å². The third-order valence-corrected chi connectivity index (χ3v) is 9.25. The molecular weight excluding hydrogens is 562 g/mol. The first-order valence-corrected chi connectivity index (χ1v) is 15.6. The summed E-state index contributed by atoms with van der Waals surface area (Å²) in [7, 11) is 0. The molecule has 2 aromatic heterocycles. The average molecular weight is 598 g/mol. The van der Waals surface area contributed by atoms with Crippen molar-refractivity contribution in [3.8, 4) is 11.5 Å². The molecule has 4 aromatic rings. The molecule has 0 bridgehead atoms. The van der Waals surface area contributed by atoms with Crippen LogP contribution >= 0.6 is 11.3 Å². The van der Waals surface area contributed by atoms with Gasteiger partial charge in [0.2, 0.25) is 11.8 Å². The number of amides is 4. The molecule has 0 radical (unpaired) electrons. The standard InChI is InChI=1S/C33H35N5O4S/c1-4-20(2)17-27(39)37-16-8-9-22(19-37)30(40)36-32-29-28-26(14-15-34-31(28)43-32)38(33(41)35-29)25-13-12-24(18-21(25)3)42-23-10-6-5-7-11-23/h5-7,10-15,18,20,22H,4,8-9,16-17,19H2,1-3H3,(H,35,41)(H,36,40). The van der Waals surface area contributed by atoms with Crippen LogP contribution in [0, 0.1) is 18.8 Å². The molecule has 2 aliphatic heterocycles. The van der Waals surface area contributed by atoms with Crippen molar-refractivity contribution in [1.82, 2.24) is 9.88 Å². The smallest absolute Gasteiger partial charge is 0.331 e. The van der Waals surface area contributed by atoms with E-state index in [4.69, 9.17) is 4.74 Å². The molecule has 43 heavy (non-hydrogen) atoms. The molecule has 1 saturated heterocycles. The number of ether oxygens (including phenoxy) is 1. The summed E-state index contributed by atoms with van der Waals surface area (Å²) in [6, 6.07) is 16.7. The van der Waals surface area contributed by atoms with Crippen molar-refractivity contribution in [2.24, 2.45) is 11.8 Å². The first-order valence-electron chi connectivity index (χ1n) is 14.8. The molecule has 222 valence electrons. The highest BCUT2D eigenvalue weighted by Gasteiger charge is 2.34. The Morgan fingerprint density at radius 1 is 1.14 bits per heavy atom. The van der Waals surface area contributed by atoms with E-state index in [1.807, 2.05) is 66.4 Å². The van der Waals surface area contributed by atoms with Gasteiger partial charge in [-0.2, -0.15) is 0 Å². The summed E-state index contributed by atoms with van der Waals surface area (Å²) in [5.74, 6) is 1.38. The quantitative estimate of drug-likeness (QED) is 0.217. The average Bonchev–Trinajstić information content (AvgIpc) is 3.35. The lowest BCUT2D eigenvalue weighted by molar-refractivity contribution is -0.135. The minimum atomic E-state index is -0.326. The van der Waals surface area contributed by atoms with Crippen molar-refractivity contribution < 1.29 is 19.1 Å². The summed E-state index contributed by atoms with van der Waals surface area (Å²) in [5.41, 5.74) is 2.84. The van der Waals surface area contributed by atoms with Crippen molar-refractivity contribution >= 4 is 61.5 Å². The lowest BCUT2D eigenvalue weighted by atomic mass is 9.95. The highest BCUT2D eigenvalue weighted by Crippen LogP contribution is 2.49. The molecule has 2 unspecified atom stereocenters. The molecule has 6 rings (SSSR count). The van der Waals surface area contributed by atoms with Gasteiger partial charge in [-0.05, 0) is 67.6 Å². The van der Waals surface area contributed by atoms with E-state index in [0.29, 0.717) is 58.8 Å². The first kappa shape index (κ1) is 28.7. The van der Waals surface area contributed by atoms with Gasteiger partial charge in [-0.1, -0.05) is 49.8 Å². The Hall–Kier alpha value is -4.44. The molecular formula is C33H35N5O4S. The van der Waals surface area contributed by atoms with Crippen LogP contribution in [0.2, 0.25) is 0 Å². The van der Waals surface area contributed by atoms with E-state index in [2.05, 4.69) is 29.5 Å². The van der Waals surface area contributed by atoms with E-state index in [1.165, 1.54) is 11.3 Å². The van der Waals surface area contributed by atoms with Gasteiger partial charge in [-0.25, -0.2) is 9.78 Å². The number of nitrogens with one attached hydrogen (secondary N) is 2. The van der Waals surface area contributed by atoms with Crippen LogP contribution in [-0.4, -0.2) is 40.8 Å². The number of rotatable bonds is 8. The van der Waals surface area contributed by atoms with E-state index in [-0.39, 0.29) is 23.8 Å². The Morgan fingerprint density at radius 2 is 1.95 bits per heavy atom. The van der Waals surface area contributed by atoms with Crippen molar-refractivity contribution in [2.75, 3.05) is 28.6 Å². The van der Waals surface area contributed by atoms with Gasteiger partial charge >= 0.3 is 6.03 Å². The van der Waals surface area contributed by atoms with E-state index >= 15 is 0 Å². The monoisotopic (exact) mass is 597 g/mol. The van der Waals surface area contributed by atoms with Crippen LogP contribution in [-0.2, 0) is 9.59 Å². The Morgan fingerprint density at radius 3 is 2.72 bits per heavy atom.